The van der Waals surface area contributed by atoms with Crippen molar-refractivity contribution in [2.75, 3.05) is 6.61 Å². The number of carbonyl (C=O) groups is 1. The third-order valence-corrected chi connectivity index (χ3v) is 1.80. The molecule has 1 aliphatic heterocycles. The maximum absolute atomic E-state index is 10.6. The van der Waals surface area contributed by atoms with E-state index in [1.165, 1.54) is 6.08 Å². The SMILES string of the molecule is C=CC1C(=O)OC1(C)CO. The van der Waals surface area contributed by atoms with Crippen LogP contribution in [0.2, 0.25) is 0 Å². The van der Waals surface area contributed by atoms with E-state index in [0.29, 0.717) is 0 Å². The van der Waals surface area contributed by atoms with Gasteiger partial charge in [0, 0.05) is 0 Å². The molecule has 0 bridgehead atoms. The van der Waals surface area contributed by atoms with E-state index in [1.807, 2.05) is 0 Å². The molecular weight excluding hydrogens is 132 g/mol. The first-order chi connectivity index (χ1) is 4.64. The van der Waals surface area contributed by atoms with Crippen LogP contribution in [0.4, 0.5) is 0 Å². The summed E-state index contributed by atoms with van der Waals surface area (Å²) in [6, 6.07) is 0. The molecule has 10 heavy (non-hydrogen) atoms. The summed E-state index contributed by atoms with van der Waals surface area (Å²) in [5, 5.41) is 8.74. The van der Waals surface area contributed by atoms with Crippen molar-refractivity contribution in [2.24, 2.45) is 5.92 Å². The molecule has 0 spiro atoms. The molecule has 2 unspecified atom stereocenters. The topological polar surface area (TPSA) is 46.5 Å². The number of cyclic esters (lactones) is 1. The van der Waals surface area contributed by atoms with E-state index < -0.39 is 5.60 Å². The van der Waals surface area contributed by atoms with Crippen molar-refractivity contribution in [3.8, 4) is 0 Å². The summed E-state index contributed by atoms with van der Waals surface area (Å²) in [6.07, 6.45) is 1.50. The molecule has 0 radical (unpaired) electrons. The smallest absolute Gasteiger partial charge is 0.317 e. The number of ether oxygens (including phenoxy) is 1. The van der Waals surface area contributed by atoms with E-state index in [4.69, 9.17) is 9.84 Å². The molecule has 3 heteroatoms. The molecule has 1 heterocycles. The van der Waals surface area contributed by atoms with Gasteiger partial charge < -0.3 is 9.84 Å². The van der Waals surface area contributed by atoms with E-state index in [2.05, 4.69) is 6.58 Å². The summed E-state index contributed by atoms with van der Waals surface area (Å²) in [7, 11) is 0. The fourth-order valence-corrected chi connectivity index (χ4v) is 1.02. The van der Waals surface area contributed by atoms with E-state index in [9.17, 15) is 4.79 Å². The number of rotatable bonds is 2. The molecule has 56 valence electrons. The molecule has 1 aliphatic rings. The molecular formula is C7H10O3. The van der Waals surface area contributed by atoms with Gasteiger partial charge in [-0.2, -0.15) is 0 Å². The maximum atomic E-state index is 10.6. The van der Waals surface area contributed by atoms with Gasteiger partial charge in [0.25, 0.3) is 0 Å². The zero-order valence-corrected chi connectivity index (χ0v) is 5.83. The Labute approximate surface area is 59.3 Å². The molecule has 0 aromatic carbocycles. The van der Waals surface area contributed by atoms with Crippen molar-refractivity contribution < 1.29 is 14.6 Å². The standard InChI is InChI=1S/C7H10O3/c1-3-5-6(9)10-7(5,2)4-8/h3,5,8H,1,4H2,2H3. The predicted octanol–water partition coefficient (Wildman–Crippen LogP) is 0.0964. The Balaban J connectivity index is 2.68. The van der Waals surface area contributed by atoms with Gasteiger partial charge >= 0.3 is 5.97 Å². The molecule has 0 aromatic heterocycles. The van der Waals surface area contributed by atoms with Crippen LogP contribution in [0, 0.1) is 5.92 Å². The number of carbonyl (C=O) groups excluding carboxylic acids is 1. The summed E-state index contributed by atoms with van der Waals surface area (Å²) in [5.74, 6) is -0.635. The minimum Gasteiger partial charge on any atom is -0.455 e. The summed E-state index contributed by atoms with van der Waals surface area (Å²) in [6.45, 7) is 5.00. The normalized spacial score (nSPS) is 38.2. The maximum Gasteiger partial charge on any atom is 0.317 e. The van der Waals surface area contributed by atoms with Crippen molar-refractivity contribution in [3.63, 3.8) is 0 Å². The van der Waals surface area contributed by atoms with E-state index in [-0.39, 0.29) is 18.5 Å². The molecule has 2 atom stereocenters. The second kappa shape index (κ2) is 2.09. The van der Waals surface area contributed by atoms with Crippen molar-refractivity contribution in [1.29, 1.82) is 0 Å². The zero-order valence-electron chi connectivity index (χ0n) is 5.83. The van der Waals surface area contributed by atoms with Crippen molar-refractivity contribution >= 4 is 5.97 Å². The summed E-state index contributed by atoms with van der Waals surface area (Å²) >= 11 is 0. The Morgan fingerprint density at radius 2 is 2.60 bits per heavy atom. The Hall–Kier alpha value is -0.830. The van der Waals surface area contributed by atoms with Gasteiger partial charge in [0.15, 0.2) is 0 Å². The van der Waals surface area contributed by atoms with Gasteiger partial charge in [-0.05, 0) is 6.92 Å². The number of aliphatic hydroxyl groups excluding tert-OH is 1. The molecule has 0 saturated carbocycles. The Bertz CT molecular complexity index is 176. The number of hydrogen-bond acceptors (Lipinski definition) is 3. The minimum atomic E-state index is -0.709. The largest absolute Gasteiger partial charge is 0.455 e. The molecule has 3 nitrogen and oxygen atoms in total. The highest BCUT2D eigenvalue weighted by Gasteiger charge is 2.50. The fourth-order valence-electron chi connectivity index (χ4n) is 1.02. The Morgan fingerprint density at radius 1 is 2.00 bits per heavy atom. The van der Waals surface area contributed by atoms with Gasteiger partial charge in [0.2, 0.25) is 0 Å². The molecule has 1 saturated heterocycles. The molecule has 1 N–H and O–H groups in total. The highest BCUT2D eigenvalue weighted by molar-refractivity contribution is 5.82. The number of aliphatic hydroxyl groups is 1. The molecule has 0 aliphatic carbocycles. The first-order valence-corrected chi connectivity index (χ1v) is 3.10. The average Bonchev–Trinajstić information content (AvgIpc) is 1.88. The first-order valence-electron chi connectivity index (χ1n) is 3.10. The quantitative estimate of drug-likeness (QED) is 0.439. The van der Waals surface area contributed by atoms with Crippen LogP contribution in [-0.4, -0.2) is 23.3 Å². The van der Waals surface area contributed by atoms with Crippen LogP contribution in [0.5, 0.6) is 0 Å². The van der Waals surface area contributed by atoms with Crippen LogP contribution in [0.3, 0.4) is 0 Å². The predicted molar refractivity (Wildman–Crippen MR) is 35.3 cm³/mol. The summed E-state index contributed by atoms with van der Waals surface area (Å²) in [4.78, 5) is 10.6. The van der Waals surface area contributed by atoms with Gasteiger partial charge in [-0.3, -0.25) is 4.79 Å². The van der Waals surface area contributed by atoms with Crippen LogP contribution in [0.15, 0.2) is 12.7 Å². The van der Waals surface area contributed by atoms with Crippen LogP contribution in [0.25, 0.3) is 0 Å². The number of esters is 1. The molecule has 1 fully saturated rings. The highest BCUT2D eigenvalue weighted by Crippen LogP contribution is 2.34. The summed E-state index contributed by atoms with van der Waals surface area (Å²) < 4.78 is 4.72. The van der Waals surface area contributed by atoms with Crippen LogP contribution in [-0.2, 0) is 9.53 Å². The zero-order chi connectivity index (χ0) is 7.78. The third-order valence-electron chi connectivity index (χ3n) is 1.80. The van der Waals surface area contributed by atoms with Crippen molar-refractivity contribution in [1.82, 2.24) is 0 Å². The lowest BCUT2D eigenvalue weighted by Gasteiger charge is -2.42. The lowest BCUT2D eigenvalue weighted by molar-refractivity contribution is -0.208. The number of hydrogen-bond donors (Lipinski definition) is 1. The monoisotopic (exact) mass is 142 g/mol. The lowest BCUT2D eigenvalue weighted by atomic mass is 9.84. The molecule has 1 rings (SSSR count). The van der Waals surface area contributed by atoms with Crippen LogP contribution in [0.1, 0.15) is 6.92 Å². The molecule has 0 aromatic rings. The van der Waals surface area contributed by atoms with E-state index in [1.54, 1.807) is 6.92 Å². The minimum absolute atomic E-state index is 0.143. The van der Waals surface area contributed by atoms with Gasteiger partial charge in [-0.15, -0.1) is 6.58 Å². The van der Waals surface area contributed by atoms with E-state index >= 15 is 0 Å². The molecule has 0 amide bonds. The van der Waals surface area contributed by atoms with Crippen molar-refractivity contribution in [2.45, 2.75) is 12.5 Å². The second-order valence-corrected chi connectivity index (χ2v) is 2.61. The third kappa shape index (κ3) is 0.743. The Kier molecular flexibility index (Phi) is 1.52. The lowest BCUT2D eigenvalue weighted by Crippen LogP contribution is -2.56. The fraction of sp³-hybridized carbons (Fsp3) is 0.571. The second-order valence-electron chi connectivity index (χ2n) is 2.61. The highest BCUT2D eigenvalue weighted by atomic mass is 16.6. The van der Waals surface area contributed by atoms with Gasteiger partial charge in [-0.1, -0.05) is 6.08 Å². The van der Waals surface area contributed by atoms with Crippen LogP contribution < -0.4 is 0 Å². The van der Waals surface area contributed by atoms with Gasteiger partial charge in [0.05, 0.1) is 6.61 Å². The summed E-state index contributed by atoms with van der Waals surface area (Å²) in [5.41, 5.74) is -0.709. The van der Waals surface area contributed by atoms with Gasteiger partial charge in [-0.25, -0.2) is 0 Å². The van der Waals surface area contributed by atoms with Crippen molar-refractivity contribution in [3.05, 3.63) is 12.7 Å². The first kappa shape index (κ1) is 7.28. The Morgan fingerprint density at radius 3 is 2.80 bits per heavy atom. The van der Waals surface area contributed by atoms with E-state index in [0.717, 1.165) is 0 Å². The average molecular weight is 142 g/mol. The van der Waals surface area contributed by atoms with Crippen LogP contribution >= 0.6 is 0 Å². The van der Waals surface area contributed by atoms with Gasteiger partial charge in [0.1, 0.15) is 11.5 Å².